The van der Waals surface area contributed by atoms with Gasteiger partial charge in [0.15, 0.2) is 0 Å². The highest BCUT2D eigenvalue weighted by Crippen LogP contribution is 2.20. The number of anilines is 1. The van der Waals surface area contributed by atoms with Crippen molar-refractivity contribution in [3.05, 3.63) is 35.9 Å². The van der Waals surface area contributed by atoms with E-state index in [1.807, 2.05) is 0 Å². The summed E-state index contributed by atoms with van der Waals surface area (Å²) in [6, 6.07) is 3.80. The lowest BCUT2D eigenvalue weighted by Gasteiger charge is -2.19. The van der Waals surface area contributed by atoms with E-state index < -0.39 is 15.8 Å². The lowest BCUT2D eigenvalue weighted by Crippen LogP contribution is -2.25. The molecule has 0 radical (unpaired) electrons. The first-order valence-corrected chi connectivity index (χ1v) is 12.3. The lowest BCUT2D eigenvalue weighted by atomic mass is 10.1. The van der Waals surface area contributed by atoms with E-state index in [0.29, 0.717) is 37.2 Å². The van der Waals surface area contributed by atoms with Gasteiger partial charge in [-0.25, -0.2) is 17.5 Å². The summed E-state index contributed by atoms with van der Waals surface area (Å²) >= 11 is 0. The second-order valence-electron chi connectivity index (χ2n) is 8.50. The molecule has 1 fully saturated rings. The van der Waals surface area contributed by atoms with Gasteiger partial charge in [0.2, 0.25) is 10.0 Å². The van der Waals surface area contributed by atoms with E-state index in [-0.39, 0.29) is 23.2 Å². The normalized spacial score (nSPS) is 17.7. The Bertz CT molecular complexity index is 976. The van der Waals surface area contributed by atoms with Crippen LogP contribution in [0.2, 0.25) is 0 Å². The SMILES string of the molecule is COC(CNc1ccc(S(=O)(=O)NCc2cn(CC3CCOC3)nn2)cc1F)CC(C)C. The number of methoxy groups -OCH3 is 1. The second kappa shape index (κ2) is 11.2. The fourth-order valence-corrected chi connectivity index (χ4v) is 4.58. The molecule has 11 heteroatoms. The third kappa shape index (κ3) is 6.96. The minimum atomic E-state index is -3.90. The van der Waals surface area contributed by atoms with E-state index in [2.05, 4.69) is 34.2 Å². The summed E-state index contributed by atoms with van der Waals surface area (Å²) in [5.41, 5.74) is 0.718. The minimum absolute atomic E-state index is 0.0319. The zero-order valence-electron chi connectivity index (χ0n) is 18.8. The van der Waals surface area contributed by atoms with Crippen LogP contribution in [0.4, 0.5) is 10.1 Å². The lowest BCUT2D eigenvalue weighted by molar-refractivity contribution is 0.0946. The first-order chi connectivity index (χ1) is 15.3. The molecule has 1 aliphatic rings. The molecule has 1 aromatic heterocycles. The summed E-state index contributed by atoms with van der Waals surface area (Å²) in [5.74, 6) is 0.196. The van der Waals surface area contributed by atoms with Crippen LogP contribution in [0.1, 0.15) is 32.4 Å². The molecule has 2 heterocycles. The molecule has 1 saturated heterocycles. The minimum Gasteiger partial charge on any atom is -0.381 e. The number of nitrogens with one attached hydrogen (secondary N) is 2. The number of sulfonamides is 1. The van der Waals surface area contributed by atoms with E-state index >= 15 is 0 Å². The van der Waals surface area contributed by atoms with Crippen molar-refractivity contribution in [2.45, 2.75) is 50.8 Å². The molecule has 0 spiro atoms. The Hall–Kier alpha value is -2.08. The topological polar surface area (TPSA) is 107 Å². The molecule has 1 aliphatic heterocycles. The predicted octanol–water partition coefficient (Wildman–Crippen LogP) is 2.41. The molecule has 0 aliphatic carbocycles. The number of aromatic nitrogens is 3. The van der Waals surface area contributed by atoms with Gasteiger partial charge in [0, 0.05) is 38.9 Å². The molecular formula is C21H32FN5O4S. The van der Waals surface area contributed by atoms with Crippen LogP contribution in [0.15, 0.2) is 29.3 Å². The fourth-order valence-electron chi connectivity index (χ4n) is 3.57. The second-order valence-corrected chi connectivity index (χ2v) is 10.3. The van der Waals surface area contributed by atoms with Gasteiger partial charge in [-0.2, -0.15) is 0 Å². The number of hydrogen-bond donors (Lipinski definition) is 2. The predicted molar refractivity (Wildman–Crippen MR) is 118 cm³/mol. The number of benzene rings is 1. The van der Waals surface area contributed by atoms with Crippen LogP contribution in [0, 0.1) is 17.7 Å². The highest BCUT2D eigenvalue weighted by molar-refractivity contribution is 7.89. The first kappa shape index (κ1) is 24.6. The van der Waals surface area contributed by atoms with Crippen LogP contribution in [0.3, 0.4) is 0 Å². The molecule has 0 bridgehead atoms. The van der Waals surface area contributed by atoms with Crippen molar-refractivity contribution in [2.24, 2.45) is 11.8 Å². The van der Waals surface area contributed by atoms with Crippen LogP contribution < -0.4 is 10.0 Å². The molecule has 9 nitrogen and oxygen atoms in total. The molecule has 32 heavy (non-hydrogen) atoms. The summed E-state index contributed by atoms with van der Waals surface area (Å²) in [4.78, 5) is -0.151. The van der Waals surface area contributed by atoms with Gasteiger partial charge in [0.05, 0.1) is 35.5 Å². The van der Waals surface area contributed by atoms with Crippen molar-refractivity contribution in [3.63, 3.8) is 0 Å². The number of nitrogens with zero attached hydrogens (tertiary/aromatic N) is 3. The average molecular weight is 470 g/mol. The smallest absolute Gasteiger partial charge is 0.241 e. The van der Waals surface area contributed by atoms with Gasteiger partial charge in [-0.1, -0.05) is 19.1 Å². The molecule has 2 unspecified atom stereocenters. The molecule has 2 N–H and O–H groups in total. The van der Waals surface area contributed by atoms with Gasteiger partial charge in [0.1, 0.15) is 5.82 Å². The Morgan fingerprint density at radius 1 is 1.38 bits per heavy atom. The largest absolute Gasteiger partial charge is 0.381 e. The third-order valence-electron chi connectivity index (χ3n) is 5.34. The third-order valence-corrected chi connectivity index (χ3v) is 6.74. The summed E-state index contributed by atoms with van der Waals surface area (Å²) in [7, 11) is -2.28. The molecule has 178 valence electrons. The van der Waals surface area contributed by atoms with Crippen LogP contribution in [0.25, 0.3) is 0 Å². The molecule has 0 saturated carbocycles. The summed E-state index contributed by atoms with van der Waals surface area (Å²) < 4.78 is 54.6. The van der Waals surface area contributed by atoms with Crippen LogP contribution in [-0.4, -0.2) is 56.4 Å². The quantitative estimate of drug-likeness (QED) is 0.491. The summed E-state index contributed by atoms with van der Waals surface area (Å²) in [5, 5.41) is 11.0. The Labute approximate surface area is 188 Å². The van der Waals surface area contributed by atoms with Crippen LogP contribution in [0.5, 0.6) is 0 Å². The van der Waals surface area contributed by atoms with Crippen molar-refractivity contribution in [1.29, 1.82) is 0 Å². The number of rotatable bonds is 12. The van der Waals surface area contributed by atoms with Gasteiger partial charge in [-0.05, 0) is 37.0 Å². The van der Waals surface area contributed by atoms with Crippen molar-refractivity contribution in [3.8, 4) is 0 Å². The Kier molecular flexibility index (Phi) is 8.57. The van der Waals surface area contributed by atoms with Crippen molar-refractivity contribution >= 4 is 15.7 Å². The van der Waals surface area contributed by atoms with Gasteiger partial charge in [-0.3, -0.25) is 4.68 Å². The standard InChI is InChI=1S/C21H32FN5O4S/c1-15(2)8-18(30-3)11-23-21-5-4-19(9-20(21)22)32(28,29)24-10-17-13-27(26-25-17)12-16-6-7-31-14-16/h4-5,9,13,15-16,18,23-24H,6-8,10-12,14H2,1-3H3. The van der Waals surface area contributed by atoms with Gasteiger partial charge < -0.3 is 14.8 Å². The Morgan fingerprint density at radius 2 is 2.19 bits per heavy atom. The first-order valence-electron chi connectivity index (χ1n) is 10.8. The molecular weight excluding hydrogens is 437 g/mol. The molecule has 2 aromatic rings. The van der Waals surface area contributed by atoms with E-state index in [1.54, 1.807) is 18.0 Å². The van der Waals surface area contributed by atoms with E-state index in [4.69, 9.17) is 9.47 Å². The highest BCUT2D eigenvalue weighted by Gasteiger charge is 2.19. The zero-order valence-corrected chi connectivity index (χ0v) is 19.6. The number of hydrogen-bond acceptors (Lipinski definition) is 7. The van der Waals surface area contributed by atoms with Gasteiger partial charge >= 0.3 is 0 Å². The molecule has 3 rings (SSSR count). The van der Waals surface area contributed by atoms with Gasteiger partial charge in [0.25, 0.3) is 0 Å². The number of ether oxygens (including phenoxy) is 2. The zero-order chi connectivity index (χ0) is 23.1. The van der Waals surface area contributed by atoms with Crippen molar-refractivity contribution in [1.82, 2.24) is 19.7 Å². The number of halogens is 1. The summed E-state index contributed by atoms with van der Waals surface area (Å²) in [6.07, 6.45) is 3.45. The van der Waals surface area contributed by atoms with Crippen LogP contribution >= 0.6 is 0 Å². The maximum atomic E-state index is 14.5. The maximum Gasteiger partial charge on any atom is 0.241 e. The molecule has 1 aromatic carbocycles. The monoisotopic (exact) mass is 469 g/mol. The van der Waals surface area contributed by atoms with Crippen molar-refractivity contribution < 1.29 is 22.3 Å². The van der Waals surface area contributed by atoms with E-state index in [1.165, 1.54) is 12.1 Å². The average Bonchev–Trinajstić information content (AvgIpc) is 3.42. The molecule has 2 atom stereocenters. The fraction of sp³-hybridized carbons (Fsp3) is 0.619. The van der Waals surface area contributed by atoms with Gasteiger partial charge in [-0.15, -0.1) is 5.10 Å². The Morgan fingerprint density at radius 3 is 2.84 bits per heavy atom. The van der Waals surface area contributed by atoms with Crippen LogP contribution in [-0.2, 0) is 32.6 Å². The van der Waals surface area contributed by atoms with Crippen molar-refractivity contribution in [2.75, 3.05) is 32.2 Å². The molecule has 0 amide bonds. The maximum absolute atomic E-state index is 14.5. The highest BCUT2D eigenvalue weighted by atomic mass is 32.2. The van der Waals surface area contributed by atoms with E-state index in [9.17, 15) is 12.8 Å². The summed E-state index contributed by atoms with van der Waals surface area (Å²) in [6.45, 7) is 6.70. The Balaban J connectivity index is 1.56. The van der Waals surface area contributed by atoms with E-state index in [0.717, 1.165) is 25.5 Å².